The van der Waals surface area contributed by atoms with Gasteiger partial charge in [0.25, 0.3) is 0 Å². The van der Waals surface area contributed by atoms with Crippen molar-refractivity contribution in [3.63, 3.8) is 0 Å². The standard InChI is InChI=1S/C17H20N2O3S/c1-22-17-15(19-12-10-18-11-13-19)8-5-9-16(17)23(20,21)14-6-3-2-4-7-14/h2-9,18H,10-13H2,1H3. The predicted molar refractivity (Wildman–Crippen MR) is 90.0 cm³/mol. The molecule has 0 amide bonds. The molecule has 0 radical (unpaired) electrons. The molecule has 23 heavy (non-hydrogen) atoms. The van der Waals surface area contributed by atoms with Gasteiger partial charge in [0.1, 0.15) is 4.90 Å². The highest BCUT2D eigenvalue weighted by Gasteiger charge is 2.26. The first-order valence-corrected chi connectivity index (χ1v) is 9.05. The highest BCUT2D eigenvalue weighted by atomic mass is 32.2. The molecule has 2 aromatic rings. The molecule has 0 aromatic heterocycles. The smallest absolute Gasteiger partial charge is 0.210 e. The summed E-state index contributed by atoms with van der Waals surface area (Å²) in [6.45, 7) is 3.40. The van der Waals surface area contributed by atoms with Crippen molar-refractivity contribution in [3.05, 3.63) is 48.5 Å². The van der Waals surface area contributed by atoms with Gasteiger partial charge in [-0.05, 0) is 24.3 Å². The quantitative estimate of drug-likeness (QED) is 0.927. The molecule has 1 N–H and O–H groups in total. The van der Waals surface area contributed by atoms with Crippen LogP contribution in [0.1, 0.15) is 0 Å². The molecule has 0 bridgehead atoms. The molecule has 6 heteroatoms. The van der Waals surface area contributed by atoms with Crippen molar-refractivity contribution in [2.24, 2.45) is 0 Å². The molecule has 0 saturated carbocycles. The van der Waals surface area contributed by atoms with Crippen molar-refractivity contribution in [2.45, 2.75) is 9.79 Å². The second-order valence-electron chi connectivity index (χ2n) is 5.36. The summed E-state index contributed by atoms with van der Waals surface area (Å²) >= 11 is 0. The van der Waals surface area contributed by atoms with Crippen LogP contribution in [0, 0.1) is 0 Å². The minimum atomic E-state index is -3.61. The maximum atomic E-state index is 12.9. The summed E-state index contributed by atoms with van der Waals surface area (Å²) in [5.74, 6) is 0.415. The third-order valence-corrected chi connectivity index (χ3v) is 5.76. The monoisotopic (exact) mass is 332 g/mol. The highest BCUT2D eigenvalue weighted by Crippen LogP contribution is 2.37. The molecular weight excluding hydrogens is 312 g/mol. The Balaban J connectivity index is 2.09. The maximum Gasteiger partial charge on any atom is 0.210 e. The third kappa shape index (κ3) is 3.04. The van der Waals surface area contributed by atoms with E-state index in [2.05, 4.69) is 10.2 Å². The van der Waals surface area contributed by atoms with Crippen LogP contribution >= 0.6 is 0 Å². The zero-order valence-electron chi connectivity index (χ0n) is 13.0. The van der Waals surface area contributed by atoms with Crippen molar-refractivity contribution in [3.8, 4) is 5.75 Å². The molecule has 5 nitrogen and oxygen atoms in total. The first-order valence-electron chi connectivity index (χ1n) is 7.57. The number of para-hydroxylation sites is 1. The second-order valence-corrected chi connectivity index (χ2v) is 7.28. The normalized spacial score (nSPS) is 15.4. The van der Waals surface area contributed by atoms with Crippen LogP contribution in [0.2, 0.25) is 0 Å². The van der Waals surface area contributed by atoms with Crippen LogP contribution < -0.4 is 15.0 Å². The van der Waals surface area contributed by atoms with Crippen molar-refractivity contribution < 1.29 is 13.2 Å². The number of anilines is 1. The molecule has 1 saturated heterocycles. The van der Waals surface area contributed by atoms with E-state index in [1.54, 1.807) is 42.5 Å². The zero-order valence-corrected chi connectivity index (χ0v) is 13.8. The predicted octanol–water partition coefficient (Wildman–Crippen LogP) is 1.94. The number of sulfone groups is 1. The number of nitrogens with one attached hydrogen (secondary N) is 1. The SMILES string of the molecule is COc1c(N2CCNCC2)cccc1S(=O)(=O)c1ccccc1. The minimum absolute atomic E-state index is 0.210. The van der Waals surface area contributed by atoms with Crippen molar-refractivity contribution in [2.75, 3.05) is 38.2 Å². The number of rotatable bonds is 4. The van der Waals surface area contributed by atoms with Crippen LogP contribution in [0.15, 0.2) is 58.3 Å². The zero-order chi connectivity index (χ0) is 16.3. The molecule has 0 aliphatic carbocycles. The number of nitrogens with zero attached hydrogens (tertiary/aromatic N) is 1. The molecule has 0 spiro atoms. The fourth-order valence-corrected chi connectivity index (χ4v) is 4.26. The lowest BCUT2D eigenvalue weighted by Gasteiger charge is -2.31. The number of methoxy groups -OCH3 is 1. The van der Waals surface area contributed by atoms with Crippen LogP contribution in [-0.4, -0.2) is 41.7 Å². The summed E-state index contributed by atoms with van der Waals surface area (Å²) in [7, 11) is -2.09. The van der Waals surface area contributed by atoms with Gasteiger partial charge in [-0.25, -0.2) is 8.42 Å². The first-order chi connectivity index (χ1) is 11.1. The summed E-state index contributed by atoms with van der Waals surface area (Å²) < 4.78 is 31.4. The van der Waals surface area contributed by atoms with Gasteiger partial charge >= 0.3 is 0 Å². The topological polar surface area (TPSA) is 58.6 Å². The van der Waals surface area contributed by atoms with Crippen molar-refractivity contribution in [1.82, 2.24) is 5.32 Å². The largest absolute Gasteiger partial charge is 0.493 e. The van der Waals surface area contributed by atoms with E-state index in [0.717, 1.165) is 31.9 Å². The molecule has 0 atom stereocenters. The fourth-order valence-electron chi connectivity index (χ4n) is 2.80. The van der Waals surface area contributed by atoms with Crippen molar-refractivity contribution >= 4 is 15.5 Å². The molecule has 1 aliphatic heterocycles. The molecular formula is C17H20N2O3S. The molecule has 122 valence electrons. The lowest BCUT2D eigenvalue weighted by atomic mass is 10.2. The van der Waals surface area contributed by atoms with Crippen LogP contribution in [0.25, 0.3) is 0 Å². The Morgan fingerprint density at radius 3 is 2.35 bits per heavy atom. The fraction of sp³-hybridized carbons (Fsp3) is 0.294. The Kier molecular flexibility index (Phi) is 4.54. The van der Waals surface area contributed by atoms with E-state index in [0.29, 0.717) is 5.75 Å². The molecule has 0 unspecified atom stereocenters. The lowest BCUT2D eigenvalue weighted by Crippen LogP contribution is -2.43. The number of ether oxygens (including phenoxy) is 1. The summed E-state index contributed by atoms with van der Waals surface area (Å²) in [6, 6.07) is 13.7. The molecule has 3 rings (SSSR count). The average Bonchev–Trinajstić information content (AvgIpc) is 2.62. The Bertz CT molecular complexity index is 770. The Hall–Kier alpha value is -2.05. The van der Waals surface area contributed by atoms with Gasteiger partial charge in [-0.15, -0.1) is 0 Å². The first kappa shape index (κ1) is 15.8. The van der Waals surface area contributed by atoms with Gasteiger partial charge < -0.3 is 15.0 Å². The van der Waals surface area contributed by atoms with E-state index < -0.39 is 9.84 Å². The second kappa shape index (κ2) is 6.60. The van der Waals surface area contributed by atoms with Gasteiger partial charge in [0.2, 0.25) is 9.84 Å². The number of hydrogen-bond acceptors (Lipinski definition) is 5. The lowest BCUT2D eigenvalue weighted by molar-refractivity contribution is 0.401. The van der Waals surface area contributed by atoms with Gasteiger partial charge in [-0.3, -0.25) is 0 Å². The Labute approximate surface area is 136 Å². The molecule has 2 aromatic carbocycles. The van der Waals surface area contributed by atoms with Crippen LogP contribution in [0.3, 0.4) is 0 Å². The third-order valence-electron chi connectivity index (χ3n) is 3.96. The van der Waals surface area contributed by atoms with E-state index in [1.165, 1.54) is 7.11 Å². The van der Waals surface area contributed by atoms with Gasteiger partial charge in [-0.1, -0.05) is 24.3 Å². The Morgan fingerprint density at radius 1 is 1.00 bits per heavy atom. The maximum absolute atomic E-state index is 12.9. The molecule has 1 heterocycles. The van der Waals surface area contributed by atoms with E-state index in [9.17, 15) is 8.42 Å². The summed E-state index contributed by atoms with van der Waals surface area (Å²) in [6.07, 6.45) is 0. The van der Waals surface area contributed by atoms with Gasteiger partial charge in [0.05, 0.1) is 17.7 Å². The number of benzene rings is 2. The van der Waals surface area contributed by atoms with Crippen LogP contribution in [-0.2, 0) is 9.84 Å². The van der Waals surface area contributed by atoms with Gasteiger partial charge in [-0.2, -0.15) is 0 Å². The number of piperazine rings is 1. The van der Waals surface area contributed by atoms with Crippen LogP contribution in [0.5, 0.6) is 5.75 Å². The summed E-state index contributed by atoms with van der Waals surface area (Å²) in [4.78, 5) is 2.64. The van der Waals surface area contributed by atoms with Crippen LogP contribution in [0.4, 0.5) is 5.69 Å². The Morgan fingerprint density at radius 2 is 1.70 bits per heavy atom. The highest BCUT2D eigenvalue weighted by molar-refractivity contribution is 7.91. The van der Waals surface area contributed by atoms with E-state index >= 15 is 0 Å². The molecule has 1 aliphatic rings. The molecule has 1 fully saturated rings. The van der Waals surface area contributed by atoms with E-state index in [1.807, 2.05) is 6.07 Å². The summed E-state index contributed by atoms with van der Waals surface area (Å²) in [5, 5.41) is 3.29. The minimum Gasteiger partial charge on any atom is -0.493 e. The average molecular weight is 332 g/mol. The summed E-state index contributed by atoms with van der Waals surface area (Å²) in [5.41, 5.74) is 0.825. The van der Waals surface area contributed by atoms with E-state index in [-0.39, 0.29) is 9.79 Å². The van der Waals surface area contributed by atoms with Gasteiger partial charge in [0.15, 0.2) is 5.75 Å². The van der Waals surface area contributed by atoms with E-state index in [4.69, 9.17) is 4.74 Å². The number of hydrogen-bond donors (Lipinski definition) is 1. The van der Waals surface area contributed by atoms with Gasteiger partial charge in [0, 0.05) is 26.2 Å². The van der Waals surface area contributed by atoms with Crippen molar-refractivity contribution in [1.29, 1.82) is 0 Å².